The Morgan fingerprint density at radius 3 is 2.72 bits per heavy atom. The summed E-state index contributed by atoms with van der Waals surface area (Å²) >= 11 is 0. The van der Waals surface area contributed by atoms with Crippen molar-refractivity contribution in [1.82, 2.24) is 5.32 Å². The average molecular weight is 493 g/mol. The molecule has 2 heterocycles. The Labute approximate surface area is 212 Å². The molecule has 36 heavy (non-hydrogen) atoms. The minimum atomic E-state index is -0.787. The first-order valence-electron chi connectivity index (χ1n) is 12.6. The zero-order valence-electron chi connectivity index (χ0n) is 21.1. The van der Waals surface area contributed by atoms with Crippen LogP contribution < -0.4 is 11.1 Å². The van der Waals surface area contributed by atoms with Crippen LogP contribution in [0.2, 0.25) is 0 Å². The average Bonchev–Trinajstić information content (AvgIpc) is 3.22. The third-order valence-corrected chi connectivity index (χ3v) is 8.12. The van der Waals surface area contributed by atoms with Gasteiger partial charge in [-0.25, -0.2) is 4.79 Å². The van der Waals surface area contributed by atoms with Gasteiger partial charge in [-0.3, -0.25) is 9.59 Å². The molecule has 1 aromatic carbocycles. The highest BCUT2D eigenvalue weighted by Crippen LogP contribution is 2.55. The fourth-order valence-electron chi connectivity index (χ4n) is 6.21. The Balaban J connectivity index is 1.53. The minimum Gasteiger partial charge on any atom is -0.462 e. The van der Waals surface area contributed by atoms with Gasteiger partial charge in [0.05, 0.1) is 11.1 Å². The Hall–Kier alpha value is -3.19. The number of nitrogens with two attached hydrogens (primary N) is 1. The van der Waals surface area contributed by atoms with Crippen LogP contribution in [-0.2, 0) is 30.3 Å². The number of esters is 2. The van der Waals surface area contributed by atoms with Gasteiger partial charge in [0.1, 0.15) is 19.3 Å². The zero-order valence-corrected chi connectivity index (χ0v) is 21.1. The summed E-state index contributed by atoms with van der Waals surface area (Å²) in [5.74, 6) is -0.875. The number of cyclic esters (lactones) is 1. The lowest BCUT2D eigenvalue weighted by Gasteiger charge is -2.53. The second-order valence-electron chi connectivity index (χ2n) is 10.7. The van der Waals surface area contributed by atoms with Gasteiger partial charge in [-0.05, 0) is 55.6 Å². The van der Waals surface area contributed by atoms with E-state index in [1.165, 1.54) is 0 Å². The Kier molecular flexibility index (Phi) is 7.50. The van der Waals surface area contributed by atoms with E-state index in [9.17, 15) is 14.4 Å². The van der Waals surface area contributed by atoms with Crippen molar-refractivity contribution in [1.29, 1.82) is 0 Å². The van der Waals surface area contributed by atoms with Gasteiger partial charge in [0.25, 0.3) is 0 Å². The van der Waals surface area contributed by atoms with E-state index >= 15 is 0 Å². The summed E-state index contributed by atoms with van der Waals surface area (Å²) in [6.07, 6.45) is 8.63. The molecule has 3 aliphatic rings. The van der Waals surface area contributed by atoms with E-state index < -0.39 is 17.6 Å². The maximum absolute atomic E-state index is 12.8. The van der Waals surface area contributed by atoms with E-state index in [4.69, 9.17) is 15.2 Å². The largest absolute Gasteiger partial charge is 0.462 e. The highest BCUT2D eigenvalue weighted by atomic mass is 16.5. The number of amides is 1. The molecule has 5 atom stereocenters. The summed E-state index contributed by atoms with van der Waals surface area (Å²) in [4.78, 5) is 37.6. The number of benzene rings is 1. The van der Waals surface area contributed by atoms with Gasteiger partial charge in [0.15, 0.2) is 0 Å². The molecular formula is C29H36N2O5. The Morgan fingerprint density at radius 1 is 1.28 bits per heavy atom. The van der Waals surface area contributed by atoms with Crippen LogP contribution in [0.25, 0.3) is 0 Å². The standard InChI is InChI=1S/C29H36N2O5/c1-19-9-12-24-28(2,22(19)11-10-21-14-16-35-26(21)33)15-13-25(32)31-29(24,3)18-36-27(34)23(30)17-20-7-5-4-6-8-20/h4-8,10-11,14,22-24H,1,9,12-13,15-18,30H2,2-3H3,(H,31,32)/b11-10+/t22-,23-,24+,28+,29+/m1/s1. The van der Waals surface area contributed by atoms with E-state index in [1.807, 2.05) is 49.4 Å². The zero-order chi connectivity index (χ0) is 25.9. The fraction of sp³-hybridized carbons (Fsp3) is 0.483. The number of fused-ring (bicyclic) bond motifs is 1. The summed E-state index contributed by atoms with van der Waals surface area (Å²) < 4.78 is 10.8. The van der Waals surface area contributed by atoms with E-state index in [2.05, 4.69) is 18.8 Å². The van der Waals surface area contributed by atoms with Crippen LogP contribution in [0.15, 0.2) is 66.3 Å². The number of allylic oxidation sites excluding steroid dienone is 2. The molecule has 0 aromatic heterocycles. The molecule has 1 amide bonds. The van der Waals surface area contributed by atoms with Crippen LogP contribution in [0.4, 0.5) is 0 Å². The molecule has 0 unspecified atom stereocenters. The van der Waals surface area contributed by atoms with E-state index in [0.29, 0.717) is 24.8 Å². The van der Waals surface area contributed by atoms with Gasteiger partial charge < -0.3 is 20.5 Å². The molecule has 4 rings (SSSR count). The van der Waals surface area contributed by atoms with Gasteiger partial charge in [-0.2, -0.15) is 0 Å². The van der Waals surface area contributed by atoms with Crippen LogP contribution in [0, 0.1) is 17.3 Å². The summed E-state index contributed by atoms with van der Waals surface area (Å²) in [5, 5.41) is 3.17. The van der Waals surface area contributed by atoms with Gasteiger partial charge >= 0.3 is 11.9 Å². The fourth-order valence-corrected chi connectivity index (χ4v) is 6.21. The first kappa shape index (κ1) is 25.9. The van der Waals surface area contributed by atoms with Gasteiger partial charge in [-0.15, -0.1) is 0 Å². The summed E-state index contributed by atoms with van der Waals surface area (Å²) in [5.41, 5.74) is 7.65. The first-order valence-corrected chi connectivity index (χ1v) is 12.6. The molecule has 2 aliphatic heterocycles. The monoisotopic (exact) mass is 492 g/mol. The van der Waals surface area contributed by atoms with Crippen molar-refractivity contribution in [3.63, 3.8) is 0 Å². The SMILES string of the molecule is C=C1CC[C@H]2[C@@](C)(CCC(=O)N[C@@]2(C)COC(=O)[C@H](N)Cc2ccccc2)[C@@H]1/C=C/C1=CCOC1=O. The summed E-state index contributed by atoms with van der Waals surface area (Å²) in [7, 11) is 0. The number of nitrogens with one attached hydrogen (secondary N) is 1. The second-order valence-corrected chi connectivity index (χ2v) is 10.7. The van der Waals surface area contributed by atoms with Crippen molar-refractivity contribution in [3.05, 3.63) is 71.8 Å². The van der Waals surface area contributed by atoms with Crippen molar-refractivity contribution < 1.29 is 23.9 Å². The van der Waals surface area contributed by atoms with E-state index in [-0.39, 0.29) is 42.3 Å². The molecular weight excluding hydrogens is 456 g/mol. The maximum atomic E-state index is 12.8. The van der Waals surface area contributed by atoms with Crippen molar-refractivity contribution in [2.75, 3.05) is 13.2 Å². The number of hydrogen-bond donors (Lipinski definition) is 2. The molecule has 192 valence electrons. The molecule has 1 saturated heterocycles. The highest BCUT2D eigenvalue weighted by Gasteiger charge is 2.54. The third kappa shape index (κ3) is 5.31. The lowest BCUT2D eigenvalue weighted by molar-refractivity contribution is -0.150. The quantitative estimate of drug-likeness (QED) is 0.446. The minimum absolute atomic E-state index is 0.0271. The summed E-state index contributed by atoms with van der Waals surface area (Å²) in [6.45, 7) is 8.81. The van der Waals surface area contributed by atoms with Gasteiger partial charge in [0.2, 0.25) is 5.91 Å². The lowest BCUT2D eigenvalue weighted by Crippen LogP contribution is -2.59. The molecule has 1 saturated carbocycles. The molecule has 7 nitrogen and oxygen atoms in total. The number of hydrogen-bond acceptors (Lipinski definition) is 6. The topological polar surface area (TPSA) is 108 Å². The first-order chi connectivity index (χ1) is 17.1. The van der Waals surface area contributed by atoms with E-state index in [0.717, 1.165) is 24.0 Å². The lowest BCUT2D eigenvalue weighted by atomic mass is 9.53. The van der Waals surface area contributed by atoms with Crippen molar-refractivity contribution in [2.24, 2.45) is 23.0 Å². The normalized spacial score (nSPS) is 31.2. The Bertz CT molecular complexity index is 1090. The van der Waals surface area contributed by atoms with Crippen molar-refractivity contribution in [3.8, 4) is 0 Å². The molecule has 0 spiro atoms. The van der Waals surface area contributed by atoms with Crippen LogP contribution in [0.5, 0.6) is 0 Å². The van der Waals surface area contributed by atoms with Crippen LogP contribution >= 0.6 is 0 Å². The molecule has 2 fully saturated rings. The molecule has 3 N–H and O–H groups in total. The van der Waals surface area contributed by atoms with Gasteiger partial charge in [0, 0.05) is 12.3 Å². The molecule has 1 aromatic rings. The van der Waals surface area contributed by atoms with Crippen LogP contribution in [0.1, 0.15) is 45.1 Å². The number of ether oxygens (including phenoxy) is 2. The molecule has 7 heteroatoms. The number of rotatable bonds is 7. The van der Waals surface area contributed by atoms with E-state index in [1.54, 1.807) is 6.08 Å². The summed E-state index contributed by atoms with van der Waals surface area (Å²) in [6, 6.07) is 8.79. The molecule has 0 bridgehead atoms. The number of carbonyl (C=O) groups excluding carboxylic acids is 3. The van der Waals surface area contributed by atoms with Crippen molar-refractivity contribution >= 4 is 17.8 Å². The third-order valence-electron chi connectivity index (χ3n) is 8.12. The van der Waals surface area contributed by atoms with Gasteiger partial charge in [-0.1, -0.05) is 61.6 Å². The van der Waals surface area contributed by atoms with Crippen LogP contribution in [0.3, 0.4) is 0 Å². The Morgan fingerprint density at radius 2 is 2.03 bits per heavy atom. The predicted octanol–water partition coefficient (Wildman–Crippen LogP) is 3.40. The number of carbonyl (C=O) groups is 3. The van der Waals surface area contributed by atoms with Crippen LogP contribution in [-0.4, -0.2) is 42.6 Å². The highest BCUT2D eigenvalue weighted by molar-refractivity contribution is 5.93. The smallest absolute Gasteiger partial charge is 0.338 e. The predicted molar refractivity (Wildman–Crippen MR) is 137 cm³/mol. The maximum Gasteiger partial charge on any atom is 0.338 e. The van der Waals surface area contributed by atoms with Crippen molar-refractivity contribution in [2.45, 2.75) is 57.5 Å². The molecule has 0 radical (unpaired) electrons. The molecule has 1 aliphatic carbocycles. The second kappa shape index (κ2) is 10.4.